The van der Waals surface area contributed by atoms with E-state index in [4.69, 9.17) is 11.6 Å². The van der Waals surface area contributed by atoms with Crippen molar-refractivity contribution >= 4 is 43.0 Å². The molecule has 7 heteroatoms. The number of thiophene rings is 1. The standard InChI is InChI=1S/C15H19ClN2O2S2/c1-10-15(13-7-12(16)4-5-14(13)21-10)22(19,20)18-9-11-3-2-6-17-8-11/h4-5,7,11,17-18H,2-3,6,8-9H2,1H3. The number of aryl methyl sites for hydroxylation is 1. The fourth-order valence-corrected chi connectivity index (χ4v) is 5.97. The maximum absolute atomic E-state index is 12.7. The largest absolute Gasteiger partial charge is 0.316 e. The molecule has 1 unspecified atom stereocenters. The molecular weight excluding hydrogens is 340 g/mol. The van der Waals surface area contributed by atoms with Crippen molar-refractivity contribution in [1.82, 2.24) is 10.0 Å². The van der Waals surface area contributed by atoms with Crippen LogP contribution in [0, 0.1) is 12.8 Å². The number of fused-ring (bicyclic) bond motifs is 1. The van der Waals surface area contributed by atoms with Crippen LogP contribution in [0.5, 0.6) is 0 Å². The topological polar surface area (TPSA) is 58.2 Å². The van der Waals surface area contributed by atoms with E-state index in [0.717, 1.165) is 35.5 Å². The summed E-state index contributed by atoms with van der Waals surface area (Å²) in [6, 6.07) is 5.40. The first-order valence-electron chi connectivity index (χ1n) is 7.36. The summed E-state index contributed by atoms with van der Waals surface area (Å²) in [6.45, 7) is 4.22. The molecule has 2 heterocycles. The van der Waals surface area contributed by atoms with Crippen molar-refractivity contribution in [2.75, 3.05) is 19.6 Å². The summed E-state index contributed by atoms with van der Waals surface area (Å²) in [5, 5.41) is 4.57. The SMILES string of the molecule is Cc1sc2ccc(Cl)cc2c1S(=O)(=O)NCC1CCCNC1. The van der Waals surface area contributed by atoms with Crippen LogP contribution in [-0.2, 0) is 10.0 Å². The monoisotopic (exact) mass is 358 g/mol. The Kier molecular flexibility index (Phi) is 4.75. The van der Waals surface area contributed by atoms with E-state index in [0.29, 0.717) is 27.8 Å². The van der Waals surface area contributed by atoms with Gasteiger partial charge in [0.1, 0.15) is 4.90 Å². The van der Waals surface area contributed by atoms with Crippen LogP contribution in [0.1, 0.15) is 17.7 Å². The molecule has 0 spiro atoms. The fraction of sp³-hybridized carbons (Fsp3) is 0.467. The van der Waals surface area contributed by atoms with Gasteiger partial charge in [-0.1, -0.05) is 11.6 Å². The van der Waals surface area contributed by atoms with Crippen molar-refractivity contribution in [3.63, 3.8) is 0 Å². The normalized spacial score (nSPS) is 19.6. The van der Waals surface area contributed by atoms with Gasteiger partial charge in [-0.2, -0.15) is 0 Å². The number of nitrogens with one attached hydrogen (secondary N) is 2. The van der Waals surface area contributed by atoms with Crippen LogP contribution in [0.25, 0.3) is 10.1 Å². The van der Waals surface area contributed by atoms with Gasteiger partial charge in [-0.25, -0.2) is 13.1 Å². The Hall–Kier alpha value is -0.660. The fourth-order valence-electron chi connectivity index (χ4n) is 2.90. The third kappa shape index (κ3) is 3.31. The lowest BCUT2D eigenvalue weighted by atomic mass is 10.0. The van der Waals surface area contributed by atoms with Crippen LogP contribution < -0.4 is 10.0 Å². The van der Waals surface area contributed by atoms with Crippen molar-refractivity contribution in [3.05, 3.63) is 28.1 Å². The van der Waals surface area contributed by atoms with Crippen LogP contribution in [0.4, 0.5) is 0 Å². The van der Waals surface area contributed by atoms with E-state index in [1.807, 2.05) is 13.0 Å². The van der Waals surface area contributed by atoms with E-state index < -0.39 is 10.0 Å². The van der Waals surface area contributed by atoms with Crippen LogP contribution in [0.3, 0.4) is 0 Å². The zero-order valence-electron chi connectivity index (χ0n) is 12.4. The lowest BCUT2D eigenvalue weighted by Crippen LogP contribution is -2.38. The summed E-state index contributed by atoms with van der Waals surface area (Å²) in [5.41, 5.74) is 0. The Bertz CT molecular complexity index is 780. The summed E-state index contributed by atoms with van der Waals surface area (Å²) in [5.74, 6) is 0.359. The summed E-state index contributed by atoms with van der Waals surface area (Å²) in [4.78, 5) is 1.17. The van der Waals surface area contributed by atoms with E-state index in [1.165, 1.54) is 11.3 Å². The van der Waals surface area contributed by atoms with Gasteiger partial charge in [0.15, 0.2) is 0 Å². The number of piperidine rings is 1. The van der Waals surface area contributed by atoms with E-state index in [-0.39, 0.29) is 0 Å². The van der Waals surface area contributed by atoms with Gasteiger partial charge in [0, 0.05) is 26.5 Å². The van der Waals surface area contributed by atoms with E-state index >= 15 is 0 Å². The molecule has 0 aliphatic carbocycles. The van der Waals surface area contributed by atoms with Crippen LogP contribution >= 0.6 is 22.9 Å². The third-order valence-corrected chi connectivity index (χ3v) is 7.06. The first-order chi connectivity index (χ1) is 10.5. The minimum absolute atomic E-state index is 0.359. The molecule has 120 valence electrons. The Morgan fingerprint density at radius 2 is 2.27 bits per heavy atom. The highest BCUT2D eigenvalue weighted by Crippen LogP contribution is 2.35. The predicted molar refractivity (Wildman–Crippen MR) is 92.4 cm³/mol. The number of rotatable bonds is 4. The average molecular weight is 359 g/mol. The Morgan fingerprint density at radius 3 is 3.00 bits per heavy atom. The molecule has 1 aromatic heterocycles. The number of hydrogen-bond acceptors (Lipinski definition) is 4. The van der Waals surface area contributed by atoms with E-state index in [2.05, 4.69) is 10.0 Å². The number of sulfonamides is 1. The molecule has 22 heavy (non-hydrogen) atoms. The molecule has 0 radical (unpaired) electrons. The van der Waals surface area contributed by atoms with Gasteiger partial charge in [-0.3, -0.25) is 0 Å². The zero-order chi connectivity index (χ0) is 15.7. The average Bonchev–Trinajstić information content (AvgIpc) is 2.82. The quantitative estimate of drug-likeness (QED) is 0.882. The van der Waals surface area contributed by atoms with Crippen molar-refractivity contribution in [2.45, 2.75) is 24.7 Å². The Labute approximate surface area is 139 Å². The van der Waals surface area contributed by atoms with Gasteiger partial charge in [-0.05, 0) is 57.0 Å². The molecule has 0 amide bonds. The molecule has 2 N–H and O–H groups in total. The second-order valence-electron chi connectivity index (χ2n) is 5.69. The number of halogens is 1. The molecule has 1 saturated heterocycles. The number of hydrogen-bond donors (Lipinski definition) is 2. The van der Waals surface area contributed by atoms with Gasteiger partial charge in [0.05, 0.1) is 0 Å². The molecule has 1 aliphatic heterocycles. The second-order valence-corrected chi connectivity index (χ2v) is 9.09. The Balaban J connectivity index is 1.88. The Morgan fingerprint density at radius 1 is 1.45 bits per heavy atom. The van der Waals surface area contributed by atoms with Crippen molar-refractivity contribution in [1.29, 1.82) is 0 Å². The maximum Gasteiger partial charge on any atom is 0.242 e. The van der Waals surface area contributed by atoms with Crippen molar-refractivity contribution < 1.29 is 8.42 Å². The van der Waals surface area contributed by atoms with Crippen molar-refractivity contribution in [2.24, 2.45) is 5.92 Å². The predicted octanol–water partition coefficient (Wildman–Crippen LogP) is 3.14. The first-order valence-corrected chi connectivity index (χ1v) is 10.0. The highest BCUT2D eigenvalue weighted by atomic mass is 35.5. The molecule has 1 fully saturated rings. The van der Waals surface area contributed by atoms with Gasteiger partial charge >= 0.3 is 0 Å². The highest BCUT2D eigenvalue weighted by Gasteiger charge is 2.24. The summed E-state index contributed by atoms with van der Waals surface area (Å²) >= 11 is 7.52. The minimum atomic E-state index is -3.52. The van der Waals surface area contributed by atoms with Gasteiger partial charge < -0.3 is 5.32 Å². The molecule has 3 rings (SSSR count). The number of benzene rings is 1. The lowest BCUT2D eigenvalue weighted by molar-refractivity contribution is 0.376. The highest BCUT2D eigenvalue weighted by molar-refractivity contribution is 7.90. The first kappa shape index (κ1) is 16.2. The van der Waals surface area contributed by atoms with Gasteiger partial charge in [0.25, 0.3) is 0 Å². The van der Waals surface area contributed by atoms with Gasteiger partial charge in [-0.15, -0.1) is 11.3 Å². The molecule has 0 saturated carbocycles. The molecule has 1 atom stereocenters. The minimum Gasteiger partial charge on any atom is -0.316 e. The van der Waals surface area contributed by atoms with Crippen LogP contribution in [0.2, 0.25) is 5.02 Å². The smallest absolute Gasteiger partial charge is 0.242 e. The third-order valence-electron chi connectivity index (χ3n) is 4.00. The molecule has 1 aromatic carbocycles. The van der Waals surface area contributed by atoms with Crippen LogP contribution in [-0.4, -0.2) is 28.1 Å². The second kappa shape index (κ2) is 6.45. The maximum atomic E-state index is 12.7. The molecular formula is C15H19ClN2O2S2. The van der Waals surface area contributed by atoms with E-state index in [1.54, 1.807) is 12.1 Å². The summed E-state index contributed by atoms with van der Waals surface area (Å²) < 4.78 is 29.2. The molecule has 4 nitrogen and oxygen atoms in total. The summed E-state index contributed by atoms with van der Waals surface area (Å²) in [6.07, 6.45) is 2.16. The summed E-state index contributed by atoms with van der Waals surface area (Å²) in [7, 11) is -3.52. The van der Waals surface area contributed by atoms with Crippen LogP contribution in [0.15, 0.2) is 23.1 Å². The van der Waals surface area contributed by atoms with Gasteiger partial charge in [0.2, 0.25) is 10.0 Å². The molecule has 0 bridgehead atoms. The lowest BCUT2D eigenvalue weighted by Gasteiger charge is -2.22. The molecule has 1 aliphatic rings. The zero-order valence-corrected chi connectivity index (χ0v) is 14.7. The molecule has 2 aromatic rings. The van der Waals surface area contributed by atoms with E-state index in [9.17, 15) is 8.42 Å². The van der Waals surface area contributed by atoms with Crippen molar-refractivity contribution in [3.8, 4) is 0 Å².